The SMILES string of the molecule is COC(=O)c1cc(NC(=O)C2CSCN2)cc([N+](=O)[O-])c1. The van der Waals surface area contributed by atoms with Gasteiger partial charge in [-0.1, -0.05) is 0 Å². The van der Waals surface area contributed by atoms with E-state index in [1.165, 1.54) is 19.2 Å². The van der Waals surface area contributed by atoms with Crippen molar-refractivity contribution in [1.29, 1.82) is 0 Å². The number of hydrogen-bond donors (Lipinski definition) is 2. The first kappa shape index (κ1) is 15.3. The van der Waals surface area contributed by atoms with Crippen LogP contribution >= 0.6 is 11.8 Å². The monoisotopic (exact) mass is 311 g/mol. The fourth-order valence-corrected chi connectivity index (χ4v) is 2.76. The Labute approximate surface area is 124 Å². The second kappa shape index (κ2) is 6.55. The van der Waals surface area contributed by atoms with Gasteiger partial charge in [0.25, 0.3) is 5.69 Å². The number of amides is 1. The molecule has 112 valence electrons. The summed E-state index contributed by atoms with van der Waals surface area (Å²) >= 11 is 1.59. The first-order valence-electron chi connectivity index (χ1n) is 6.01. The van der Waals surface area contributed by atoms with E-state index in [0.29, 0.717) is 11.6 Å². The molecule has 0 saturated carbocycles. The quantitative estimate of drug-likeness (QED) is 0.484. The van der Waals surface area contributed by atoms with Gasteiger partial charge in [0.15, 0.2) is 0 Å². The Morgan fingerprint density at radius 1 is 1.48 bits per heavy atom. The smallest absolute Gasteiger partial charge is 0.338 e. The summed E-state index contributed by atoms with van der Waals surface area (Å²) in [5, 5.41) is 16.4. The zero-order valence-corrected chi connectivity index (χ0v) is 11.9. The number of anilines is 1. The number of non-ortho nitro benzene ring substituents is 1. The Hall–Kier alpha value is -2.13. The van der Waals surface area contributed by atoms with Gasteiger partial charge in [0.2, 0.25) is 5.91 Å². The van der Waals surface area contributed by atoms with Crippen molar-refractivity contribution in [2.45, 2.75) is 6.04 Å². The summed E-state index contributed by atoms with van der Waals surface area (Å²) in [4.78, 5) is 33.7. The van der Waals surface area contributed by atoms with Gasteiger partial charge >= 0.3 is 5.97 Å². The third kappa shape index (κ3) is 3.70. The number of nitrogens with zero attached hydrogens (tertiary/aromatic N) is 1. The van der Waals surface area contributed by atoms with Crippen LogP contribution in [0.15, 0.2) is 18.2 Å². The molecule has 1 heterocycles. The highest BCUT2D eigenvalue weighted by Crippen LogP contribution is 2.22. The van der Waals surface area contributed by atoms with Crippen molar-refractivity contribution in [2.75, 3.05) is 24.1 Å². The summed E-state index contributed by atoms with van der Waals surface area (Å²) in [7, 11) is 1.18. The van der Waals surface area contributed by atoms with Gasteiger partial charge in [0.1, 0.15) is 0 Å². The Morgan fingerprint density at radius 2 is 2.24 bits per heavy atom. The molecule has 1 atom stereocenters. The summed E-state index contributed by atoms with van der Waals surface area (Å²) < 4.78 is 4.54. The minimum absolute atomic E-state index is 0.00996. The highest BCUT2D eigenvalue weighted by atomic mass is 32.2. The molecule has 2 N–H and O–H groups in total. The normalized spacial score (nSPS) is 17.3. The maximum atomic E-state index is 12.0. The molecule has 1 unspecified atom stereocenters. The number of hydrogen-bond acceptors (Lipinski definition) is 7. The van der Waals surface area contributed by atoms with Gasteiger partial charge in [-0.25, -0.2) is 4.79 Å². The molecular weight excluding hydrogens is 298 g/mol. The van der Waals surface area contributed by atoms with Crippen LogP contribution in [0.5, 0.6) is 0 Å². The van der Waals surface area contributed by atoms with Crippen LogP contribution in [0.2, 0.25) is 0 Å². The van der Waals surface area contributed by atoms with E-state index in [0.717, 1.165) is 6.07 Å². The van der Waals surface area contributed by atoms with Crippen molar-refractivity contribution < 1.29 is 19.2 Å². The number of thioether (sulfide) groups is 1. The van der Waals surface area contributed by atoms with Gasteiger partial charge in [0, 0.05) is 29.4 Å². The standard InChI is InChI=1S/C12H13N3O5S/c1-20-12(17)7-2-8(4-9(3-7)15(18)19)14-11(16)10-5-21-6-13-10/h2-4,10,13H,5-6H2,1H3,(H,14,16). The number of carbonyl (C=O) groups is 2. The van der Waals surface area contributed by atoms with Gasteiger partial charge < -0.3 is 10.1 Å². The zero-order valence-electron chi connectivity index (χ0n) is 11.1. The number of nitro groups is 1. The molecule has 0 aromatic heterocycles. The van der Waals surface area contributed by atoms with E-state index in [-0.39, 0.29) is 28.9 Å². The van der Waals surface area contributed by atoms with E-state index < -0.39 is 10.9 Å². The highest BCUT2D eigenvalue weighted by molar-refractivity contribution is 7.99. The van der Waals surface area contributed by atoms with Crippen LogP contribution in [0, 0.1) is 10.1 Å². The molecule has 2 rings (SSSR count). The minimum Gasteiger partial charge on any atom is -0.465 e. The third-order valence-corrected chi connectivity index (χ3v) is 3.79. The Bertz CT molecular complexity index is 586. The lowest BCUT2D eigenvalue weighted by molar-refractivity contribution is -0.384. The highest BCUT2D eigenvalue weighted by Gasteiger charge is 2.23. The summed E-state index contributed by atoms with van der Waals surface area (Å²) in [6.45, 7) is 0. The van der Waals surface area contributed by atoms with Crippen LogP contribution in [0.25, 0.3) is 0 Å². The van der Waals surface area contributed by atoms with Gasteiger partial charge in [-0.05, 0) is 6.07 Å². The van der Waals surface area contributed by atoms with E-state index in [2.05, 4.69) is 15.4 Å². The molecule has 1 aromatic rings. The maximum Gasteiger partial charge on any atom is 0.338 e. The molecule has 1 aliphatic heterocycles. The molecule has 1 aromatic carbocycles. The predicted molar refractivity (Wildman–Crippen MR) is 77.3 cm³/mol. The lowest BCUT2D eigenvalue weighted by atomic mass is 10.1. The summed E-state index contributed by atoms with van der Waals surface area (Å²) in [6, 6.07) is 3.30. The molecule has 8 nitrogen and oxygen atoms in total. The zero-order chi connectivity index (χ0) is 15.4. The predicted octanol–water partition coefficient (Wildman–Crippen LogP) is 0.982. The van der Waals surface area contributed by atoms with Crippen LogP contribution in [0.3, 0.4) is 0 Å². The van der Waals surface area contributed by atoms with Crippen LogP contribution in [0.4, 0.5) is 11.4 Å². The molecule has 0 radical (unpaired) electrons. The van der Waals surface area contributed by atoms with Gasteiger partial charge in [-0.3, -0.25) is 20.2 Å². The van der Waals surface area contributed by atoms with Gasteiger partial charge in [0.05, 0.1) is 23.6 Å². The van der Waals surface area contributed by atoms with Crippen LogP contribution in [-0.2, 0) is 9.53 Å². The van der Waals surface area contributed by atoms with Crippen molar-refractivity contribution in [3.63, 3.8) is 0 Å². The average molecular weight is 311 g/mol. The number of carbonyl (C=O) groups excluding carboxylic acids is 2. The average Bonchev–Trinajstić information content (AvgIpc) is 3.00. The Morgan fingerprint density at radius 3 is 2.81 bits per heavy atom. The first-order valence-corrected chi connectivity index (χ1v) is 7.16. The fourth-order valence-electron chi connectivity index (χ4n) is 1.82. The summed E-state index contributed by atoms with van der Waals surface area (Å²) in [6.07, 6.45) is 0. The number of rotatable bonds is 4. The number of nitro benzene ring substituents is 1. The minimum atomic E-state index is -0.705. The van der Waals surface area contributed by atoms with Gasteiger partial charge in [-0.15, -0.1) is 11.8 Å². The molecule has 1 amide bonds. The third-order valence-electron chi connectivity index (χ3n) is 2.85. The van der Waals surface area contributed by atoms with E-state index in [1.807, 2.05) is 0 Å². The molecule has 0 bridgehead atoms. The second-order valence-electron chi connectivity index (χ2n) is 4.28. The number of benzene rings is 1. The van der Waals surface area contributed by atoms with E-state index in [4.69, 9.17) is 0 Å². The lowest BCUT2D eigenvalue weighted by Crippen LogP contribution is -2.37. The van der Waals surface area contributed by atoms with Crippen molar-refractivity contribution in [1.82, 2.24) is 5.32 Å². The summed E-state index contributed by atoms with van der Waals surface area (Å²) in [5.41, 5.74) is -0.0917. The molecule has 0 spiro atoms. The molecule has 1 aliphatic rings. The molecule has 21 heavy (non-hydrogen) atoms. The van der Waals surface area contributed by atoms with Crippen molar-refractivity contribution in [3.8, 4) is 0 Å². The van der Waals surface area contributed by atoms with E-state index in [9.17, 15) is 19.7 Å². The first-order chi connectivity index (χ1) is 10.0. The molecule has 9 heteroatoms. The lowest BCUT2D eigenvalue weighted by Gasteiger charge is -2.11. The van der Waals surface area contributed by atoms with Gasteiger partial charge in [-0.2, -0.15) is 0 Å². The number of methoxy groups -OCH3 is 1. The van der Waals surface area contributed by atoms with Crippen LogP contribution in [-0.4, -0.2) is 41.6 Å². The number of nitrogens with one attached hydrogen (secondary N) is 2. The maximum absolute atomic E-state index is 12.0. The summed E-state index contributed by atoms with van der Waals surface area (Å²) in [5.74, 6) is 0.311. The van der Waals surface area contributed by atoms with E-state index in [1.54, 1.807) is 11.8 Å². The van der Waals surface area contributed by atoms with E-state index >= 15 is 0 Å². The van der Waals surface area contributed by atoms with Crippen molar-refractivity contribution >= 4 is 35.0 Å². The number of ether oxygens (including phenoxy) is 1. The second-order valence-corrected chi connectivity index (χ2v) is 5.31. The topological polar surface area (TPSA) is 111 Å². The largest absolute Gasteiger partial charge is 0.465 e. The molecule has 1 fully saturated rings. The van der Waals surface area contributed by atoms with Crippen LogP contribution < -0.4 is 10.6 Å². The Balaban J connectivity index is 2.24. The van der Waals surface area contributed by atoms with Crippen molar-refractivity contribution in [3.05, 3.63) is 33.9 Å². The van der Waals surface area contributed by atoms with Crippen LogP contribution in [0.1, 0.15) is 10.4 Å². The van der Waals surface area contributed by atoms with Crippen molar-refractivity contribution in [2.24, 2.45) is 0 Å². The Kier molecular flexibility index (Phi) is 4.76. The molecule has 1 saturated heterocycles. The number of esters is 1. The molecule has 0 aliphatic carbocycles. The fraction of sp³-hybridized carbons (Fsp3) is 0.333. The molecular formula is C12H13N3O5S.